The number of nitrogens with one attached hydrogen (secondary N) is 1. The molecule has 0 spiro atoms. The second-order valence-electron chi connectivity index (χ2n) is 8.20. The average Bonchev–Trinajstić information content (AvgIpc) is 2.84. The van der Waals surface area contributed by atoms with Crippen LogP contribution in [0, 0.1) is 0 Å². The Morgan fingerprint density at radius 3 is 2.18 bits per heavy atom. The molecule has 3 rings (SSSR count). The Kier molecular flexibility index (Phi) is 8.21. The van der Waals surface area contributed by atoms with Gasteiger partial charge in [0.05, 0.1) is 13.2 Å². The average molecular weight is 471 g/mol. The zero-order valence-corrected chi connectivity index (χ0v) is 19.3. The van der Waals surface area contributed by atoms with Crippen molar-refractivity contribution in [1.29, 1.82) is 0 Å². The van der Waals surface area contributed by atoms with Gasteiger partial charge < -0.3 is 19.9 Å². The minimum absolute atomic E-state index is 0.215. The van der Waals surface area contributed by atoms with E-state index in [1.807, 2.05) is 24.3 Å². The van der Waals surface area contributed by atoms with Gasteiger partial charge in [0.15, 0.2) is 0 Å². The lowest BCUT2D eigenvalue weighted by Gasteiger charge is -2.27. The number of nitrogens with two attached hydrogens (primary N) is 1. The predicted octanol–water partition coefficient (Wildman–Crippen LogP) is 0.970. The summed E-state index contributed by atoms with van der Waals surface area (Å²) in [5, 5.41) is 12.3. The van der Waals surface area contributed by atoms with Crippen molar-refractivity contribution >= 4 is 17.8 Å². The van der Waals surface area contributed by atoms with E-state index in [-0.39, 0.29) is 5.56 Å². The fourth-order valence-electron chi connectivity index (χ4n) is 3.53. The van der Waals surface area contributed by atoms with E-state index in [9.17, 15) is 19.5 Å². The maximum absolute atomic E-state index is 12.6. The molecule has 1 atom stereocenters. The van der Waals surface area contributed by atoms with Crippen LogP contribution in [0.25, 0.3) is 11.1 Å². The Bertz CT molecular complexity index is 1000. The van der Waals surface area contributed by atoms with Gasteiger partial charge in [-0.15, -0.1) is 0 Å². The monoisotopic (exact) mass is 470 g/mol. The fraction of sp³-hybridized carbons (Fsp3) is 0.375. The molecule has 0 bridgehead atoms. The van der Waals surface area contributed by atoms with Crippen molar-refractivity contribution in [2.24, 2.45) is 5.84 Å². The van der Waals surface area contributed by atoms with E-state index < -0.39 is 23.3 Å². The molecule has 1 aliphatic rings. The molecule has 4 N–H and O–H groups in total. The molecule has 10 nitrogen and oxygen atoms in total. The number of benzene rings is 2. The highest BCUT2D eigenvalue weighted by Crippen LogP contribution is 2.23. The normalized spacial score (nSPS) is 15.7. The van der Waals surface area contributed by atoms with Crippen molar-refractivity contribution in [2.75, 3.05) is 46.5 Å². The Hall–Kier alpha value is -3.47. The molecular formula is C24H30N4O6. The van der Waals surface area contributed by atoms with Crippen molar-refractivity contribution in [2.45, 2.75) is 12.5 Å². The van der Waals surface area contributed by atoms with E-state index in [1.54, 1.807) is 24.3 Å². The van der Waals surface area contributed by atoms with Crippen molar-refractivity contribution in [3.05, 3.63) is 54.1 Å². The van der Waals surface area contributed by atoms with Crippen LogP contribution in [0.5, 0.6) is 5.75 Å². The first kappa shape index (κ1) is 25.2. The van der Waals surface area contributed by atoms with Gasteiger partial charge in [0.25, 0.3) is 11.8 Å². The highest BCUT2D eigenvalue weighted by molar-refractivity contribution is 6.10. The summed E-state index contributed by atoms with van der Waals surface area (Å²) >= 11 is 0. The number of likely N-dealkylation sites (N-methyl/N-ethyl adjacent to an activating group) is 1. The van der Waals surface area contributed by atoms with Crippen LogP contribution in [0.15, 0.2) is 48.5 Å². The number of hydrazine groups is 1. The number of carbonyl (C=O) groups is 3. The molecule has 2 aromatic rings. The number of rotatable bonds is 9. The van der Waals surface area contributed by atoms with E-state index in [0.29, 0.717) is 11.6 Å². The third-order valence-corrected chi connectivity index (χ3v) is 5.65. The van der Waals surface area contributed by atoms with Crippen molar-refractivity contribution in [3.8, 4) is 16.9 Å². The second-order valence-corrected chi connectivity index (χ2v) is 8.20. The first-order valence-electron chi connectivity index (χ1n) is 10.9. The molecule has 0 unspecified atom stereocenters. The van der Waals surface area contributed by atoms with Gasteiger partial charge in [-0.1, -0.05) is 24.3 Å². The van der Waals surface area contributed by atoms with Crippen LogP contribution >= 0.6 is 0 Å². The zero-order chi connectivity index (χ0) is 24.7. The molecule has 2 amide bonds. The summed E-state index contributed by atoms with van der Waals surface area (Å²) in [6.45, 7) is 5.91. The molecule has 182 valence electrons. The van der Waals surface area contributed by atoms with Gasteiger partial charge in [-0.2, -0.15) is 0 Å². The summed E-state index contributed by atoms with van der Waals surface area (Å²) in [4.78, 5) is 38.7. The number of hydrogen-bond donors (Lipinski definition) is 3. The number of ether oxygens (including phenoxy) is 2. The van der Waals surface area contributed by atoms with E-state index in [2.05, 4.69) is 10.2 Å². The summed E-state index contributed by atoms with van der Waals surface area (Å²) in [5.41, 5.74) is -0.165. The van der Waals surface area contributed by atoms with Crippen LogP contribution in [0.3, 0.4) is 0 Å². The van der Waals surface area contributed by atoms with E-state index in [4.69, 9.17) is 15.3 Å². The predicted molar refractivity (Wildman–Crippen MR) is 125 cm³/mol. The smallest absolute Gasteiger partial charge is 0.339 e. The molecule has 1 heterocycles. The number of amides is 2. The molecule has 0 aromatic heterocycles. The van der Waals surface area contributed by atoms with Crippen LogP contribution in [0.2, 0.25) is 0 Å². The largest absolute Gasteiger partial charge is 0.492 e. The van der Waals surface area contributed by atoms with Gasteiger partial charge >= 0.3 is 5.97 Å². The van der Waals surface area contributed by atoms with Crippen LogP contribution in [0.4, 0.5) is 0 Å². The van der Waals surface area contributed by atoms with Crippen molar-refractivity contribution < 1.29 is 29.0 Å². The van der Waals surface area contributed by atoms with Gasteiger partial charge in [0.2, 0.25) is 5.54 Å². The molecule has 2 aromatic carbocycles. The zero-order valence-electron chi connectivity index (χ0n) is 19.3. The van der Waals surface area contributed by atoms with Crippen LogP contribution in [-0.4, -0.2) is 84.8 Å². The maximum Gasteiger partial charge on any atom is 0.339 e. The minimum atomic E-state index is -2.18. The Morgan fingerprint density at radius 1 is 1.09 bits per heavy atom. The standard InChI is InChI=1S/C24H30N4O6/c1-24(23(31)32,22(30)27(2)25)26-21(29)19-5-3-17(4-6-19)18-7-9-20(10-8-18)34-16-13-28-11-14-33-15-12-28/h3-10H,11-16,25H2,1-2H3,(H,26,29)(H,31,32)/t24-/m0/s1. The van der Waals surface area contributed by atoms with E-state index >= 15 is 0 Å². The van der Waals surface area contributed by atoms with Crippen molar-refractivity contribution in [3.63, 3.8) is 0 Å². The van der Waals surface area contributed by atoms with Crippen LogP contribution < -0.4 is 15.9 Å². The number of hydrogen-bond acceptors (Lipinski definition) is 7. The number of aliphatic carboxylic acids is 1. The number of carboxylic acids is 1. The van der Waals surface area contributed by atoms with E-state index in [1.165, 1.54) is 7.05 Å². The molecule has 0 aliphatic carbocycles. The number of morpholine rings is 1. The summed E-state index contributed by atoms with van der Waals surface area (Å²) in [7, 11) is 1.21. The lowest BCUT2D eigenvalue weighted by Crippen LogP contribution is -2.63. The highest BCUT2D eigenvalue weighted by atomic mass is 16.5. The Morgan fingerprint density at radius 2 is 1.65 bits per heavy atom. The summed E-state index contributed by atoms with van der Waals surface area (Å²) in [6, 6.07) is 14.3. The molecule has 1 aliphatic heterocycles. The number of carboxylic acid groups (broad SMARTS) is 1. The van der Waals surface area contributed by atoms with Gasteiger partial charge in [0, 0.05) is 32.2 Å². The maximum atomic E-state index is 12.6. The van der Waals surface area contributed by atoms with Crippen molar-refractivity contribution in [1.82, 2.24) is 15.2 Å². The van der Waals surface area contributed by atoms with Gasteiger partial charge in [-0.3, -0.25) is 19.5 Å². The third-order valence-electron chi connectivity index (χ3n) is 5.65. The quantitative estimate of drug-likeness (QED) is 0.214. The highest BCUT2D eigenvalue weighted by Gasteiger charge is 2.44. The Labute approximate surface area is 198 Å². The lowest BCUT2D eigenvalue weighted by atomic mass is 9.99. The molecular weight excluding hydrogens is 440 g/mol. The number of carbonyl (C=O) groups excluding carboxylic acids is 2. The molecule has 1 fully saturated rings. The van der Waals surface area contributed by atoms with Crippen LogP contribution in [-0.2, 0) is 14.3 Å². The summed E-state index contributed by atoms with van der Waals surface area (Å²) in [6.07, 6.45) is 0. The molecule has 34 heavy (non-hydrogen) atoms. The second kappa shape index (κ2) is 11.1. The van der Waals surface area contributed by atoms with Gasteiger partial charge in [-0.25, -0.2) is 10.6 Å². The first-order valence-corrected chi connectivity index (χ1v) is 10.9. The summed E-state index contributed by atoms with van der Waals surface area (Å²) < 4.78 is 11.2. The molecule has 1 saturated heterocycles. The number of nitrogens with zero attached hydrogens (tertiary/aromatic N) is 2. The first-order chi connectivity index (χ1) is 16.2. The van der Waals surface area contributed by atoms with Crippen LogP contribution in [0.1, 0.15) is 17.3 Å². The Balaban J connectivity index is 1.59. The van der Waals surface area contributed by atoms with Gasteiger partial charge in [0.1, 0.15) is 12.4 Å². The topological polar surface area (TPSA) is 134 Å². The summed E-state index contributed by atoms with van der Waals surface area (Å²) in [5.74, 6) is 3.00. The molecule has 0 radical (unpaired) electrons. The SMILES string of the molecule is CN(N)C(=O)[C@](C)(NC(=O)c1ccc(-c2ccc(OCCN3CCOCC3)cc2)cc1)C(=O)O. The fourth-order valence-corrected chi connectivity index (χ4v) is 3.53. The van der Waals surface area contributed by atoms with Gasteiger partial charge in [-0.05, 0) is 42.3 Å². The van der Waals surface area contributed by atoms with E-state index in [0.717, 1.165) is 56.6 Å². The third kappa shape index (κ3) is 6.10. The minimum Gasteiger partial charge on any atom is -0.492 e. The molecule has 0 saturated carbocycles. The lowest BCUT2D eigenvalue weighted by molar-refractivity contribution is -0.153. The molecule has 10 heteroatoms.